The van der Waals surface area contributed by atoms with Crippen molar-refractivity contribution in [3.63, 3.8) is 0 Å². The molecule has 0 bridgehead atoms. The first-order valence-corrected chi connectivity index (χ1v) is 7.40. The lowest BCUT2D eigenvalue weighted by Gasteiger charge is -2.33. The average molecular weight is 297 g/mol. The van der Waals surface area contributed by atoms with Gasteiger partial charge in [0, 0.05) is 12.3 Å². The van der Waals surface area contributed by atoms with Crippen LogP contribution < -0.4 is 9.04 Å². The Morgan fingerprint density at radius 3 is 3.00 bits per heavy atom. The average Bonchev–Trinajstić information content (AvgIpc) is 2.91. The summed E-state index contributed by atoms with van der Waals surface area (Å²) in [6, 6.07) is 3.78. The zero-order valence-electron chi connectivity index (χ0n) is 10.6. The number of H-pyrrole nitrogens is 1. The minimum absolute atomic E-state index is 0.0573. The number of sulfonamides is 1. The number of halogens is 1. The van der Waals surface area contributed by atoms with Gasteiger partial charge >= 0.3 is 0 Å². The van der Waals surface area contributed by atoms with Crippen LogP contribution in [0.2, 0.25) is 0 Å². The summed E-state index contributed by atoms with van der Waals surface area (Å²) in [5, 5.41) is 6.12. The smallest absolute Gasteiger partial charge is 0.267 e. The lowest BCUT2D eigenvalue weighted by atomic mass is 10.2. The Balaban J connectivity index is 2.12. The normalized spacial score (nSPS) is 18.5. The summed E-state index contributed by atoms with van der Waals surface area (Å²) >= 11 is 0. The quantitative estimate of drug-likeness (QED) is 0.912. The van der Waals surface area contributed by atoms with Crippen LogP contribution in [0.25, 0.3) is 0 Å². The number of anilines is 1. The van der Waals surface area contributed by atoms with E-state index in [1.807, 2.05) is 0 Å². The minimum atomic E-state index is -3.74. The standard InChI is InChI=1S/C12H12FN3O3S/c1-8-7-16(20(17,18)10-5-14-15-6-10)11-3-2-9(13)4-12(11)19-8/h2-6,8H,7H2,1H3,(H,14,15). The van der Waals surface area contributed by atoms with Crippen LogP contribution in [0.15, 0.2) is 35.5 Å². The fraction of sp³-hybridized carbons (Fsp3) is 0.250. The third kappa shape index (κ3) is 2.01. The molecule has 1 atom stereocenters. The molecule has 1 aromatic carbocycles. The van der Waals surface area contributed by atoms with Gasteiger partial charge in [-0.2, -0.15) is 5.10 Å². The van der Waals surface area contributed by atoms with Gasteiger partial charge in [-0.1, -0.05) is 0 Å². The van der Waals surface area contributed by atoms with Crippen molar-refractivity contribution in [3.8, 4) is 5.75 Å². The van der Waals surface area contributed by atoms with E-state index in [4.69, 9.17) is 4.74 Å². The highest BCUT2D eigenvalue weighted by atomic mass is 32.2. The summed E-state index contributed by atoms with van der Waals surface area (Å²) in [7, 11) is -3.74. The molecule has 0 saturated heterocycles. The zero-order valence-corrected chi connectivity index (χ0v) is 11.4. The van der Waals surface area contributed by atoms with Crippen LogP contribution in [-0.4, -0.2) is 31.3 Å². The Kier molecular flexibility index (Phi) is 2.89. The number of ether oxygens (including phenoxy) is 1. The molecule has 1 aliphatic rings. The Morgan fingerprint density at radius 2 is 2.30 bits per heavy atom. The molecule has 8 heteroatoms. The topological polar surface area (TPSA) is 75.3 Å². The predicted octanol–water partition coefficient (Wildman–Crippen LogP) is 1.53. The number of nitrogens with one attached hydrogen (secondary N) is 1. The van der Waals surface area contributed by atoms with Gasteiger partial charge in [-0.15, -0.1) is 0 Å². The van der Waals surface area contributed by atoms with Crippen molar-refractivity contribution < 1.29 is 17.5 Å². The van der Waals surface area contributed by atoms with Gasteiger partial charge in [0.25, 0.3) is 10.0 Å². The fourth-order valence-electron chi connectivity index (χ4n) is 2.11. The van der Waals surface area contributed by atoms with Gasteiger partial charge in [0.05, 0.1) is 18.4 Å². The lowest BCUT2D eigenvalue weighted by molar-refractivity contribution is 0.218. The number of rotatable bonds is 2. The van der Waals surface area contributed by atoms with Gasteiger partial charge in [-0.3, -0.25) is 9.40 Å². The SMILES string of the molecule is CC1CN(S(=O)(=O)c2cn[nH]c2)c2ccc(F)cc2O1. The summed E-state index contributed by atoms with van der Waals surface area (Å²) in [4.78, 5) is 0.0573. The Bertz CT molecular complexity index is 730. The maximum absolute atomic E-state index is 13.3. The van der Waals surface area contributed by atoms with E-state index in [9.17, 15) is 12.8 Å². The number of hydrogen-bond donors (Lipinski definition) is 1. The molecule has 2 aromatic rings. The van der Waals surface area contributed by atoms with E-state index in [-0.39, 0.29) is 23.3 Å². The fourth-order valence-corrected chi connectivity index (χ4v) is 3.57. The molecule has 0 aliphatic carbocycles. The van der Waals surface area contributed by atoms with Crippen molar-refractivity contribution in [2.45, 2.75) is 17.9 Å². The molecule has 0 amide bonds. The molecule has 0 fully saturated rings. The second-order valence-corrected chi connectivity index (χ2v) is 6.37. The monoisotopic (exact) mass is 297 g/mol. The molecule has 106 valence electrons. The van der Waals surface area contributed by atoms with Crippen LogP contribution >= 0.6 is 0 Å². The molecule has 0 saturated carbocycles. The molecule has 3 rings (SSSR count). The number of hydrogen-bond acceptors (Lipinski definition) is 4. The number of aromatic amines is 1. The lowest BCUT2D eigenvalue weighted by Crippen LogP contribution is -2.42. The highest BCUT2D eigenvalue weighted by Crippen LogP contribution is 2.37. The van der Waals surface area contributed by atoms with E-state index in [0.717, 1.165) is 0 Å². The van der Waals surface area contributed by atoms with E-state index in [1.165, 1.54) is 34.9 Å². The van der Waals surface area contributed by atoms with Crippen molar-refractivity contribution in [1.29, 1.82) is 0 Å². The van der Waals surface area contributed by atoms with E-state index >= 15 is 0 Å². The van der Waals surface area contributed by atoms with Crippen LogP contribution in [0.1, 0.15) is 6.92 Å². The van der Waals surface area contributed by atoms with Gasteiger partial charge in [-0.25, -0.2) is 12.8 Å². The van der Waals surface area contributed by atoms with E-state index in [2.05, 4.69) is 10.2 Å². The van der Waals surface area contributed by atoms with Crippen LogP contribution in [0.5, 0.6) is 5.75 Å². The van der Waals surface area contributed by atoms with Crippen molar-refractivity contribution >= 4 is 15.7 Å². The highest BCUT2D eigenvalue weighted by molar-refractivity contribution is 7.92. The third-order valence-electron chi connectivity index (χ3n) is 3.00. The molecule has 6 nitrogen and oxygen atoms in total. The van der Waals surface area contributed by atoms with Crippen molar-refractivity contribution in [3.05, 3.63) is 36.4 Å². The molecule has 0 radical (unpaired) electrons. The van der Waals surface area contributed by atoms with E-state index < -0.39 is 15.8 Å². The van der Waals surface area contributed by atoms with Crippen LogP contribution in [0, 0.1) is 5.82 Å². The Hall–Kier alpha value is -2.09. The van der Waals surface area contributed by atoms with Gasteiger partial charge in [0.15, 0.2) is 0 Å². The van der Waals surface area contributed by atoms with Gasteiger partial charge in [0.1, 0.15) is 22.6 Å². The van der Waals surface area contributed by atoms with Gasteiger partial charge < -0.3 is 4.74 Å². The minimum Gasteiger partial charge on any atom is -0.487 e. The third-order valence-corrected chi connectivity index (χ3v) is 4.75. The Morgan fingerprint density at radius 1 is 1.50 bits per heavy atom. The van der Waals surface area contributed by atoms with Crippen LogP contribution in [0.4, 0.5) is 10.1 Å². The van der Waals surface area contributed by atoms with Crippen molar-refractivity contribution in [2.75, 3.05) is 10.8 Å². The summed E-state index contributed by atoms with van der Waals surface area (Å²) in [5.41, 5.74) is 0.325. The number of fused-ring (bicyclic) bond motifs is 1. The second-order valence-electron chi connectivity index (χ2n) is 4.51. The molecule has 1 aromatic heterocycles. The summed E-state index contributed by atoms with van der Waals surface area (Å²) in [6.07, 6.45) is 2.17. The first kappa shape index (κ1) is 12.9. The van der Waals surface area contributed by atoms with Crippen molar-refractivity contribution in [2.24, 2.45) is 0 Å². The molecular formula is C12H12FN3O3S. The van der Waals surface area contributed by atoms with Gasteiger partial charge in [-0.05, 0) is 19.1 Å². The summed E-state index contributed by atoms with van der Waals surface area (Å²) < 4.78 is 45.1. The second kappa shape index (κ2) is 4.48. The molecule has 1 N–H and O–H groups in total. The number of nitrogens with zero attached hydrogens (tertiary/aromatic N) is 2. The number of aromatic nitrogens is 2. The van der Waals surface area contributed by atoms with Crippen molar-refractivity contribution in [1.82, 2.24) is 10.2 Å². The molecular weight excluding hydrogens is 285 g/mol. The maximum atomic E-state index is 13.3. The highest BCUT2D eigenvalue weighted by Gasteiger charge is 2.33. The molecule has 0 spiro atoms. The predicted molar refractivity (Wildman–Crippen MR) is 69.6 cm³/mol. The van der Waals surface area contributed by atoms with Crippen LogP contribution in [0.3, 0.4) is 0 Å². The molecule has 2 heterocycles. The van der Waals surface area contributed by atoms with E-state index in [0.29, 0.717) is 5.69 Å². The molecule has 1 unspecified atom stereocenters. The first-order chi connectivity index (χ1) is 9.48. The Labute approximate surface area is 115 Å². The van der Waals surface area contributed by atoms with E-state index in [1.54, 1.807) is 6.92 Å². The molecule has 20 heavy (non-hydrogen) atoms. The van der Waals surface area contributed by atoms with Crippen LogP contribution in [-0.2, 0) is 10.0 Å². The molecule has 1 aliphatic heterocycles. The summed E-state index contributed by atoms with van der Waals surface area (Å²) in [6.45, 7) is 1.89. The maximum Gasteiger partial charge on any atom is 0.267 e. The summed E-state index contributed by atoms with van der Waals surface area (Å²) in [5.74, 6) is -0.255. The first-order valence-electron chi connectivity index (χ1n) is 5.96. The number of benzene rings is 1. The van der Waals surface area contributed by atoms with Gasteiger partial charge in [0.2, 0.25) is 0 Å². The largest absolute Gasteiger partial charge is 0.487 e. The zero-order chi connectivity index (χ0) is 14.3.